The number of benzene rings is 2. The number of nitrogens with one attached hydrogen (secondary N) is 3. The fourth-order valence-corrected chi connectivity index (χ4v) is 3.77. The normalized spacial score (nSPS) is 11.4. The summed E-state index contributed by atoms with van der Waals surface area (Å²) in [6, 6.07) is 14.4. The van der Waals surface area contributed by atoms with E-state index in [2.05, 4.69) is 16.0 Å². The lowest BCUT2D eigenvalue weighted by molar-refractivity contribution is -0.118. The van der Waals surface area contributed by atoms with Crippen molar-refractivity contribution >= 4 is 40.4 Å². The van der Waals surface area contributed by atoms with Crippen molar-refractivity contribution in [3.8, 4) is 11.5 Å². The second-order valence-corrected chi connectivity index (χ2v) is 8.74. The van der Waals surface area contributed by atoms with Crippen LogP contribution in [0, 0.1) is 5.92 Å². The van der Waals surface area contributed by atoms with Gasteiger partial charge in [0.05, 0.1) is 19.1 Å². The van der Waals surface area contributed by atoms with Crippen molar-refractivity contribution in [1.29, 1.82) is 0 Å². The molecule has 2 aromatic carbocycles. The molecule has 0 fully saturated rings. The van der Waals surface area contributed by atoms with Crippen molar-refractivity contribution in [1.82, 2.24) is 5.32 Å². The maximum absolute atomic E-state index is 12.9. The van der Waals surface area contributed by atoms with Gasteiger partial charge < -0.3 is 25.4 Å². The number of hydrogen-bond acceptors (Lipinski definition) is 6. The van der Waals surface area contributed by atoms with Gasteiger partial charge >= 0.3 is 0 Å². The first-order chi connectivity index (χ1) is 16.3. The molecule has 0 saturated carbocycles. The Hall–Kier alpha value is -3.85. The summed E-state index contributed by atoms with van der Waals surface area (Å²) in [7, 11) is 3.00. The Morgan fingerprint density at radius 3 is 1.91 bits per heavy atom. The molecule has 34 heavy (non-hydrogen) atoms. The molecule has 8 nitrogen and oxygen atoms in total. The number of hydrogen-bond donors (Lipinski definition) is 3. The van der Waals surface area contributed by atoms with Crippen LogP contribution in [0.1, 0.15) is 33.9 Å². The Bertz CT molecular complexity index is 1120. The molecule has 0 spiro atoms. The first-order valence-electron chi connectivity index (χ1n) is 10.6. The fourth-order valence-electron chi connectivity index (χ4n) is 3.16. The van der Waals surface area contributed by atoms with Crippen LogP contribution >= 0.6 is 11.3 Å². The van der Waals surface area contributed by atoms with Gasteiger partial charge in [-0.15, -0.1) is 11.3 Å². The quantitative estimate of drug-likeness (QED) is 0.420. The zero-order valence-electron chi connectivity index (χ0n) is 19.4. The topological polar surface area (TPSA) is 106 Å². The molecule has 3 aromatic rings. The van der Waals surface area contributed by atoms with Crippen molar-refractivity contribution in [2.24, 2.45) is 5.92 Å². The molecule has 1 heterocycles. The molecule has 3 amide bonds. The van der Waals surface area contributed by atoms with Gasteiger partial charge in [0.25, 0.3) is 11.8 Å². The summed E-state index contributed by atoms with van der Waals surface area (Å²) >= 11 is 1.36. The summed E-state index contributed by atoms with van der Waals surface area (Å²) in [5.41, 5.74) is 1.47. The summed E-state index contributed by atoms with van der Waals surface area (Å²) < 4.78 is 10.4. The van der Waals surface area contributed by atoms with Gasteiger partial charge in [0.1, 0.15) is 17.5 Å². The minimum absolute atomic E-state index is 0.166. The summed E-state index contributed by atoms with van der Waals surface area (Å²) in [5, 5.41) is 10.3. The molecule has 178 valence electrons. The highest BCUT2D eigenvalue weighted by molar-refractivity contribution is 7.12. The molecule has 9 heteroatoms. The van der Waals surface area contributed by atoms with E-state index in [1.165, 1.54) is 25.6 Å². The first kappa shape index (κ1) is 24.8. The third kappa shape index (κ3) is 6.35. The highest BCUT2D eigenvalue weighted by atomic mass is 32.1. The lowest BCUT2D eigenvalue weighted by Crippen LogP contribution is -2.47. The zero-order chi connectivity index (χ0) is 24.7. The number of thiophene rings is 1. The van der Waals surface area contributed by atoms with Crippen LogP contribution in [0.5, 0.6) is 11.5 Å². The third-order valence-corrected chi connectivity index (χ3v) is 5.87. The van der Waals surface area contributed by atoms with Gasteiger partial charge in [0, 0.05) is 23.0 Å². The predicted octanol–water partition coefficient (Wildman–Crippen LogP) is 4.41. The molecule has 0 saturated heterocycles. The largest absolute Gasteiger partial charge is 0.497 e. The molecule has 0 aliphatic carbocycles. The van der Waals surface area contributed by atoms with E-state index in [0.29, 0.717) is 33.3 Å². The lowest BCUT2D eigenvalue weighted by Gasteiger charge is -2.22. The van der Waals surface area contributed by atoms with Crippen LogP contribution in [0.4, 0.5) is 11.4 Å². The van der Waals surface area contributed by atoms with Crippen molar-refractivity contribution < 1.29 is 23.9 Å². The van der Waals surface area contributed by atoms with E-state index in [4.69, 9.17) is 9.47 Å². The van der Waals surface area contributed by atoms with Crippen molar-refractivity contribution in [2.45, 2.75) is 19.9 Å². The number of methoxy groups -OCH3 is 2. The fraction of sp³-hybridized carbons (Fsp3) is 0.240. The van der Waals surface area contributed by atoms with E-state index in [1.807, 2.05) is 25.3 Å². The van der Waals surface area contributed by atoms with Gasteiger partial charge in [0.2, 0.25) is 5.91 Å². The predicted molar refractivity (Wildman–Crippen MR) is 133 cm³/mol. The Balaban J connectivity index is 1.65. The number of anilines is 2. The molecule has 3 rings (SSSR count). The van der Waals surface area contributed by atoms with Crippen LogP contribution in [0.25, 0.3) is 0 Å². The van der Waals surface area contributed by atoms with Gasteiger partial charge in [-0.2, -0.15) is 0 Å². The van der Waals surface area contributed by atoms with E-state index in [-0.39, 0.29) is 17.7 Å². The number of rotatable bonds is 9. The third-order valence-electron chi connectivity index (χ3n) is 5.00. The monoisotopic (exact) mass is 481 g/mol. The highest BCUT2D eigenvalue weighted by Crippen LogP contribution is 2.23. The Morgan fingerprint density at radius 2 is 1.41 bits per heavy atom. The molecule has 0 aliphatic rings. The first-order valence-corrected chi connectivity index (χ1v) is 11.5. The van der Waals surface area contributed by atoms with E-state index in [0.717, 1.165) is 0 Å². The zero-order valence-corrected chi connectivity index (χ0v) is 20.2. The minimum Gasteiger partial charge on any atom is -0.497 e. The smallest absolute Gasteiger partial charge is 0.265 e. The second-order valence-electron chi connectivity index (χ2n) is 7.79. The second kappa shape index (κ2) is 11.3. The van der Waals surface area contributed by atoms with E-state index < -0.39 is 11.9 Å². The average Bonchev–Trinajstić information content (AvgIpc) is 3.38. The summed E-state index contributed by atoms with van der Waals surface area (Å²) in [4.78, 5) is 38.6. The van der Waals surface area contributed by atoms with Crippen LogP contribution in [-0.4, -0.2) is 38.0 Å². The van der Waals surface area contributed by atoms with Crippen molar-refractivity contribution in [3.63, 3.8) is 0 Å². The summed E-state index contributed by atoms with van der Waals surface area (Å²) in [5.74, 6) is -0.182. The molecule has 0 bridgehead atoms. The minimum atomic E-state index is -0.775. The lowest BCUT2D eigenvalue weighted by atomic mass is 10.0. The van der Waals surface area contributed by atoms with Crippen molar-refractivity contribution in [3.05, 3.63) is 70.4 Å². The summed E-state index contributed by atoms with van der Waals surface area (Å²) in [6.45, 7) is 3.69. The molecule has 0 radical (unpaired) electrons. The molecule has 1 aromatic heterocycles. The van der Waals surface area contributed by atoms with E-state index in [9.17, 15) is 14.4 Å². The van der Waals surface area contributed by atoms with E-state index in [1.54, 1.807) is 48.5 Å². The van der Waals surface area contributed by atoms with Gasteiger partial charge in [-0.3, -0.25) is 14.4 Å². The van der Waals surface area contributed by atoms with Gasteiger partial charge in [-0.05, 0) is 53.8 Å². The van der Waals surface area contributed by atoms with Crippen LogP contribution in [0.3, 0.4) is 0 Å². The Kier molecular flexibility index (Phi) is 8.26. The molecule has 3 N–H and O–H groups in total. The number of ether oxygens (including phenoxy) is 2. The average molecular weight is 482 g/mol. The molecular weight excluding hydrogens is 454 g/mol. The molecule has 0 aliphatic heterocycles. The van der Waals surface area contributed by atoms with Crippen molar-refractivity contribution in [2.75, 3.05) is 24.9 Å². The maximum Gasteiger partial charge on any atom is 0.265 e. The van der Waals surface area contributed by atoms with E-state index >= 15 is 0 Å². The van der Waals surface area contributed by atoms with Crippen LogP contribution < -0.4 is 25.4 Å². The SMILES string of the molecule is COc1cc(OC)cc(C(=O)NC(C(=O)Nc2ccc(NC(=O)c3cccs3)cc2)C(C)C)c1. The van der Waals surface area contributed by atoms with Gasteiger partial charge in [0.15, 0.2) is 0 Å². The van der Waals surface area contributed by atoms with Gasteiger partial charge in [-0.25, -0.2) is 0 Å². The highest BCUT2D eigenvalue weighted by Gasteiger charge is 2.25. The van der Waals surface area contributed by atoms with Gasteiger partial charge in [-0.1, -0.05) is 19.9 Å². The maximum atomic E-state index is 12.9. The Labute approximate surface area is 202 Å². The Morgan fingerprint density at radius 1 is 0.824 bits per heavy atom. The molecule has 1 unspecified atom stereocenters. The van der Waals surface area contributed by atoms with Crippen LogP contribution in [0.2, 0.25) is 0 Å². The number of amides is 3. The standard InChI is InChI=1S/C25H27N3O5S/c1-15(2)22(28-23(29)16-12-19(32-3)14-20(13-16)33-4)25(31)27-18-9-7-17(8-10-18)26-24(30)21-6-5-11-34-21/h5-15,22H,1-4H3,(H,26,30)(H,27,31)(H,28,29). The number of carbonyl (C=O) groups is 3. The number of carbonyl (C=O) groups excluding carboxylic acids is 3. The summed E-state index contributed by atoms with van der Waals surface area (Å²) in [6.07, 6.45) is 0. The molecule has 1 atom stereocenters. The molecular formula is C25H27N3O5S. The van der Waals surface area contributed by atoms with Crippen LogP contribution in [0.15, 0.2) is 60.0 Å². The van der Waals surface area contributed by atoms with Crippen LogP contribution in [-0.2, 0) is 4.79 Å².